The highest BCUT2D eigenvalue weighted by atomic mass is 16.3. The molecule has 0 spiro atoms. The van der Waals surface area contributed by atoms with Crippen LogP contribution in [0.2, 0.25) is 0 Å². The van der Waals surface area contributed by atoms with E-state index in [-0.39, 0.29) is 5.78 Å². The molecule has 4 aliphatic carbocycles. The van der Waals surface area contributed by atoms with Crippen LogP contribution in [0, 0.1) is 17.3 Å². The Morgan fingerprint density at radius 1 is 1.10 bits per heavy atom. The van der Waals surface area contributed by atoms with Crippen molar-refractivity contribution in [2.45, 2.75) is 76.7 Å². The van der Waals surface area contributed by atoms with Gasteiger partial charge in [-0.25, -0.2) is 0 Å². The highest BCUT2D eigenvalue weighted by Gasteiger charge is 2.52. The molecule has 2 nitrogen and oxygen atoms in total. The van der Waals surface area contributed by atoms with Crippen molar-refractivity contribution in [1.29, 1.82) is 0 Å². The minimum absolute atomic E-state index is 0.261. The lowest BCUT2D eigenvalue weighted by Gasteiger charge is -2.51. The van der Waals surface area contributed by atoms with Crippen molar-refractivity contribution in [3.63, 3.8) is 0 Å². The summed E-state index contributed by atoms with van der Waals surface area (Å²) in [5.74, 6) is 1.83. The molecule has 4 rings (SSSR count). The Bertz CT molecular complexity index is 492. The Morgan fingerprint density at radius 2 is 1.95 bits per heavy atom. The van der Waals surface area contributed by atoms with Crippen LogP contribution in [0.15, 0.2) is 11.1 Å². The quantitative estimate of drug-likeness (QED) is 0.683. The predicted octanol–water partition coefficient (Wildman–Crippen LogP) is 3.78. The van der Waals surface area contributed by atoms with E-state index in [0.29, 0.717) is 18.3 Å². The molecule has 3 saturated carbocycles. The van der Waals surface area contributed by atoms with Crippen LogP contribution in [0.4, 0.5) is 0 Å². The zero-order valence-corrected chi connectivity index (χ0v) is 12.6. The van der Waals surface area contributed by atoms with Crippen LogP contribution in [0.25, 0.3) is 0 Å². The van der Waals surface area contributed by atoms with Crippen molar-refractivity contribution >= 4 is 5.78 Å². The standard InChI is InChI=1S/C18H26O2/c1-17-8-2-3-15(17)13-7-10-18(20)11-12(19)4-5-16(18)14(13)6-9-17/h13,15,20H,2-11H2,1H3/t13-,15+,17+,18-/m1/s1. The van der Waals surface area contributed by atoms with Gasteiger partial charge in [0.15, 0.2) is 0 Å². The van der Waals surface area contributed by atoms with Gasteiger partial charge >= 0.3 is 0 Å². The summed E-state index contributed by atoms with van der Waals surface area (Å²) >= 11 is 0. The zero-order chi connectivity index (χ0) is 14.0. The molecule has 3 fully saturated rings. The molecule has 0 aromatic rings. The van der Waals surface area contributed by atoms with Crippen molar-refractivity contribution in [3.8, 4) is 0 Å². The first kappa shape index (κ1) is 13.1. The molecule has 0 aromatic heterocycles. The molecular weight excluding hydrogens is 248 g/mol. The fraction of sp³-hybridized carbons (Fsp3) is 0.833. The van der Waals surface area contributed by atoms with E-state index in [4.69, 9.17) is 0 Å². The van der Waals surface area contributed by atoms with Gasteiger partial charge in [0.2, 0.25) is 0 Å². The number of allylic oxidation sites excluding steroid dienone is 1. The fourth-order valence-electron chi connectivity index (χ4n) is 5.97. The molecule has 0 amide bonds. The van der Waals surface area contributed by atoms with Crippen LogP contribution >= 0.6 is 0 Å². The van der Waals surface area contributed by atoms with E-state index in [1.807, 2.05) is 0 Å². The Kier molecular flexibility index (Phi) is 2.74. The van der Waals surface area contributed by atoms with Crippen molar-refractivity contribution < 1.29 is 9.90 Å². The average Bonchev–Trinajstić information content (AvgIpc) is 2.79. The number of ketones is 1. The highest BCUT2D eigenvalue weighted by molar-refractivity contribution is 5.82. The molecule has 1 N–H and O–H groups in total. The van der Waals surface area contributed by atoms with Gasteiger partial charge in [0.1, 0.15) is 5.78 Å². The third-order valence-corrected chi connectivity index (χ3v) is 7.02. The minimum Gasteiger partial charge on any atom is -0.385 e. The van der Waals surface area contributed by atoms with Crippen molar-refractivity contribution in [2.24, 2.45) is 17.3 Å². The maximum absolute atomic E-state index is 11.7. The van der Waals surface area contributed by atoms with Gasteiger partial charge in [0, 0.05) is 12.8 Å². The largest absolute Gasteiger partial charge is 0.385 e. The van der Waals surface area contributed by atoms with Crippen LogP contribution in [0.1, 0.15) is 71.1 Å². The lowest BCUT2D eigenvalue weighted by molar-refractivity contribution is -0.125. The summed E-state index contributed by atoms with van der Waals surface area (Å²) in [5, 5.41) is 10.9. The molecule has 0 heterocycles. The first-order valence-corrected chi connectivity index (χ1v) is 8.48. The summed E-state index contributed by atoms with van der Waals surface area (Å²) in [4.78, 5) is 11.7. The molecule has 20 heavy (non-hydrogen) atoms. The van der Waals surface area contributed by atoms with Gasteiger partial charge in [0.25, 0.3) is 0 Å². The van der Waals surface area contributed by atoms with Crippen molar-refractivity contribution in [1.82, 2.24) is 0 Å². The number of fused-ring (bicyclic) bond motifs is 4. The SMILES string of the molecule is C[C@@]12CCC[C@H]1[C@@H]1CC[C@@]3(O)CC(=O)CCC3=C1CC2. The molecule has 2 heteroatoms. The third kappa shape index (κ3) is 1.70. The molecule has 4 aliphatic rings. The van der Waals surface area contributed by atoms with E-state index < -0.39 is 5.60 Å². The number of hydrogen-bond acceptors (Lipinski definition) is 2. The Balaban J connectivity index is 1.74. The average molecular weight is 274 g/mol. The van der Waals surface area contributed by atoms with Gasteiger partial charge in [-0.1, -0.05) is 18.9 Å². The monoisotopic (exact) mass is 274 g/mol. The number of aliphatic hydroxyl groups is 1. The minimum atomic E-state index is -0.756. The smallest absolute Gasteiger partial charge is 0.136 e. The summed E-state index contributed by atoms with van der Waals surface area (Å²) in [5.41, 5.74) is 2.68. The van der Waals surface area contributed by atoms with E-state index in [0.717, 1.165) is 31.1 Å². The second-order valence-electron chi connectivity index (χ2n) is 8.05. The normalized spacial score (nSPS) is 47.8. The maximum Gasteiger partial charge on any atom is 0.136 e. The molecule has 0 saturated heterocycles. The molecule has 0 unspecified atom stereocenters. The van der Waals surface area contributed by atoms with Gasteiger partial charge in [-0.3, -0.25) is 4.79 Å². The molecular formula is C18H26O2. The number of carbonyl (C=O) groups is 1. The first-order valence-electron chi connectivity index (χ1n) is 8.48. The van der Waals surface area contributed by atoms with E-state index in [9.17, 15) is 9.90 Å². The highest BCUT2D eigenvalue weighted by Crippen LogP contribution is 2.60. The summed E-state index contributed by atoms with van der Waals surface area (Å²) < 4.78 is 0. The van der Waals surface area contributed by atoms with E-state index in [2.05, 4.69) is 6.92 Å². The second kappa shape index (κ2) is 4.19. The number of hydrogen-bond donors (Lipinski definition) is 1. The summed E-state index contributed by atoms with van der Waals surface area (Å²) in [6, 6.07) is 0. The molecule has 110 valence electrons. The topological polar surface area (TPSA) is 37.3 Å². The second-order valence-corrected chi connectivity index (χ2v) is 8.05. The first-order chi connectivity index (χ1) is 9.52. The molecule has 0 aromatic carbocycles. The summed E-state index contributed by atoms with van der Waals surface area (Å²) in [7, 11) is 0. The van der Waals surface area contributed by atoms with E-state index in [1.165, 1.54) is 37.7 Å². The maximum atomic E-state index is 11.7. The van der Waals surface area contributed by atoms with Gasteiger partial charge < -0.3 is 5.11 Å². The van der Waals surface area contributed by atoms with Gasteiger partial charge in [-0.15, -0.1) is 0 Å². The van der Waals surface area contributed by atoms with E-state index >= 15 is 0 Å². The third-order valence-electron chi connectivity index (χ3n) is 7.02. The number of Topliss-reactive ketones (excluding diaryl/α,β-unsaturated/α-hetero) is 1. The van der Waals surface area contributed by atoms with Crippen molar-refractivity contribution in [2.75, 3.05) is 0 Å². The van der Waals surface area contributed by atoms with Crippen LogP contribution < -0.4 is 0 Å². The van der Waals surface area contributed by atoms with Gasteiger partial charge in [0.05, 0.1) is 5.60 Å². The van der Waals surface area contributed by atoms with Crippen LogP contribution in [-0.2, 0) is 4.79 Å². The van der Waals surface area contributed by atoms with Gasteiger partial charge in [-0.2, -0.15) is 0 Å². The number of carbonyl (C=O) groups excluding carboxylic acids is 1. The molecule has 0 radical (unpaired) electrons. The summed E-state index contributed by atoms with van der Waals surface area (Å²) in [6.45, 7) is 2.50. The van der Waals surface area contributed by atoms with Crippen molar-refractivity contribution in [3.05, 3.63) is 11.1 Å². The lowest BCUT2D eigenvalue weighted by Crippen LogP contribution is -2.46. The lowest BCUT2D eigenvalue weighted by atomic mass is 9.55. The zero-order valence-electron chi connectivity index (χ0n) is 12.6. The van der Waals surface area contributed by atoms with Crippen LogP contribution in [0.3, 0.4) is 0 Å². The Hall–Kier alpha value is -0.630. The molecule has 0 aliphatic heterocycles. The Labute approximate surface area is 121 Å². The Morgan fingerprint density at radius 3 is 2.80 bits per heavy atom. The number of rotatable bonds is 0. The summed E-state index contributed by atoms with van der Waals surface area (Å²) in [6.07, 6.45) is 10.5. The van der Waals surface area contributed by atoms with Crippen LogP contribution in [-0.4, -0.2) is 16.5 Å². The molecule has 0 bridgehead atoms. The molecule has 4 atom stereocenters. The van der Waals surface area contributed by atoms with Crippen LogP contribution in [0.5, 0.6) is 0 Å². The predicted molar refractivity (Wildman–Crippen MR) is 78.2 cm³/mol. The van der Waals surface area contributed by atoms with E-state index in [1.54, 1.807) is 5.57 Å². The van der Waals surface area contributed by atoms with Gasteiger partial charge in [-0.05, 0) is 67.8 Å². The fourth-order valence-corrected chi connectivity index (χ4v) is 5.97.